The maximum atomic E-state index is 12.4. The van der Waals surface area contributed by atoms with E-state index in [4.69, 9.17) is 4.74 Å². The van der Waals surface area contributed by atoms with Gasteiger partial charge in [0.15, 0.2) is 0 Å². The average Bonchev–Trinajstić information content (AvgIpc) is 2.74. The van der Waals surface area contributed by atoms with Crippen molar-refractivity contribution in [2.45, 2.75) is 39.0 Å². The number of ether oxygens (including phenoxy) is 1. The van der Waals surface area contributed by atoms with Gasteiger partial charge in [0.05, 0.1) is 6.61 Å². The van der Waals surface area contributed by atoms with Gasteiger partial charge in [-0.05, 0) is 80.4 Å². The number of para-hydroxylation sites is 2. The Balaban J connectivity index is 1.54. The highest BCUT2D eigenvalue weighted by Gasteiger charge is 2.47. The van der Waals surface area contributed by atoms with E-state index in [2.05, 4.69) is 53.4 Å². The zero-order valence-corrected chi connectivity index (χ0v) is 17.6. The Kier molecular flexibility index (Phi) is 4.26. The van der Waals surface area contributed by atoms with Gasteiger partial charge in [0.2, 0.25) is 0 Å². The lowest BCUT2D eigenvalue weighted by atomic mass is 9.53. The molecule has 3 heteroatoms. The lowest BCUT2D eigenvalue weighted by molar-refractivity contribution is -0.141. The highest BCUT2D eigenvalue weighted by atomic mass is 16.5. The van der Waals surface area contributed by atoms with Gasteiger partial charge in [0, 0.05) is 22.5 Å². The minimum absolute atomic E-state index is 0.173. The minimum atomic E-state index is -0.173. The number of benzene rings is 2. The molecule has 4 aliphatic carbocycles. The summed E-state index contributed by atoms with van der Waals surface area (Å²) in [6.45, 7) is 2.53. The molecule has 0 amide bonds. The zero-order chi connectivity index (χ0) is 20.2. The summed E-state index contributed by atoms with van der Waals surface area (Å²) in [6, 6.07) is 17.3. The molecule has 0 atom stereocenters. The molecule has 2 aromatic carbocycles. The molecule has 30 heavy (non-hydrogen) atoms. The average molecular weight is 400 g/mol. The van der Waals surface area contributed by atoms with Crippen LogP contribution in [0.15, 0.2) is 54.1 Å². The van der Waals surface area contributed by atoms with Crippen molar-refractivity contribution >= 4 is 22.9 Å². The van der Waals surface area contributed by atoms with Crippen LogP contribution in [0.2, 0.25) is 0 Å². The van der Waals surface area contributed by atoms with Crippen LogP contribution in [0, 0.1) is 23.7 Å². The van der Waals surface area contributed by atoms with Crippen LogP contribution in [0.3, 0.4) is 0 Å². The second-order valence-corrected chi connectivity index (χ2v) is 9.56. The fourth-order valence-corrected chi connectivity index (χ4v) is 7.03. The quantitative estimate of drug-likeness (QED) is 0.597. The standard InChI is InChI=1S/C27H29NO2/c1-2-30-25(29)16-28-23-9-5-3-7-21(23)27(22-8-4-6-10-24(22)28)26-19-12-17-11-18(14-19)15-20(26)13-17/h3-10,17-20H,2,11-16H2,1H3. The van der Waals surface area contributed by atoms with E-state index in [0.29, 0.717) is 6.61 Å². The van der Waals surface area contributed by atoms with Crippen molar-refractivity contribution in [3.63, 3.8) is 0 Å². The first-order valence-corrected chi connectivity index (χ1v) is 11.6. The molecule has 0 aromatic heterocycles. The maximum absolute atomic E-state index is 12.4. The van der Waals surface area contributed by atoms with Crippen molar-refractivity contribution in [1.29, 1.82) is 0 Å². The normalized spacial score (nSPS) is 28.4. The maximum Gasteiger partial charge on any atom is 0.325 e. The SMILES string of the molecule is CCOC(=O)CN1c2ccccc2C(=C2C3CC4CC(C3)CC2C4)c2ccccc21. The van der Waals surface area contributed by atoms with Gasteiger partial charge < -0.3 is 9.64 Å². The molecule has 4 bridgehead atoms. The third-order valence-electron chi connectivity index (χ3n) is 7.83. The summed E-state index contributed by atoms with van der Waals surface area (Å²) in [7, 11) is 0. The smallest absolute Gasteiger partial charge is 0.325 e. The molecule has 154 valence electrons. The van der Waals surface area contributed by atoms with E-state index in [-0.39, 0.29) is 12.5 Å². The number of nitrogens with zero attached hydrogens (tertiary/aromatic N) is 1. The van der Waals surface area contributed by atoms with E-state index in [9.17, 15) is 4.79 Å². The van der Waals surface area contributed by atoms with Crippen LogP contribution in [0.25, 0.3) is 5.57 Å². The van der Waals surface area contributed by atoms with E-state index in [1.165, 1.54) is 48.8 Å². The van der Waals surface area contributed by atoms with Gasteiger partial charge in [0.25, 0.3) is 0 Å². The lowest BCUT2D eigenvalue weighted by Gasteiger charge is -2.53. The first kappa shape index (κ1) is 18.2. The number of hydrogen-bond acceptors (Lipinski definition) is 3. The van der Waals surface area contributed by atoms with Crippen molar-refractivity contribution in [2.24, 2.45) is 23.7 Å². The summed E-state index contributed by atoms with van der Waals surface area (Å²) in [4.78, 5) is 14.6. The molecular formula is C27H29NO2. The largest absolute Gasteiger partial charge is 0.465 e. The van der Waals surface area contributed by atoms with Crippen molar-refractivity contribution in [1.82, 2.24) is 0 Å². The molecule has 1 aliphatic heterocycles. The molecule has 4 fully saturated rings. The topological polar surface area (TPSA) is 29.5 Å². The highest BCUT2D eigenvalue weighted by molar-refractivity contribution is 6.00. The second kappa shape index (κ2) is 7.01. The Morgan fingerprint density at radius 2 is 1.40 bits per heavy atom. The van der Waals surface area contributed by atoms with E-state index in [0.717, 1.165) is 35.0 Å². The molecular weight excluding hydrogens is 370 g/mol. The Bertz CT molecular complexity index is 957. The van der Waals surface area contributed by atoms with Gasteiger partial charge in [-0.25, -0.2) is 0 Å². The minimum Gasteiger partial charge on any atom is -0.465 e. The molecule has 0 spiro atoms. The van der Waals surface area contributed by atoms with Gasteiger partial charge >= 0.3 is 5.97 Å². The number of esters is 1. The summed E-state index contributed by atoms with van der Waals surface area (Å²) in [6.07, 6.45) is 6.98. The summed E-state index contributed by atoms with van der Waals surface area (Å²) >= 11 is 0. The van der Waals surface area contributed by atoms with Crippen molar-refractivity contribution < 1.29 is 9.53 Å². The number of rotatable bonds is 3. The summed E-state index contributed by atoms with van der Waals surface area (Å²) in [5.41, 5.74) is 8.06. The molecule has 0 radical (unpaired) electrons. The molecule has 7 rings (SSSR count). The number of fused-ring (bicyclic) bond motifs is 2. The van der Waals surface area contributed by atoms with E-state index >= 15 is 0 Å². The Labute approximate surface area is 178 Å². The fraction of sp³-hybridized carbons (Fsp3) is 0.444. The van der Waals surface area contributed by atoms with Crippen LogP contribution in [0.1, 0.15) is 50.2 Å². The van der Waals surface area contributed by atoms with E-state index in [1.807, 2.05) is 6.92 Å². The van der Waals surface area contributed by atoms with Crippen molar-refractivity contribution in [2.75, 3.05) is 18.1 Å². The third kappa shape index (κ3) is 2.74. The number of anilines is 2. The fourth-order valence-electron chi connectivity index (χ4n) is 7.03. The Morgan fingerprint density at radius 3 is 1.93 bits per heavy atom. The van der Waals surface area contributed by atoms with Crippen LogP contribution < -0.4 is 4.90 Å². The van der Waals surface area contributed by atoms with E-state index in [1.54, 1.807) is 5.57 Å². The van der Waals surface area contributed by atoms with Crippen LogP contribution >= 0.6 is 0 Å². The third-order valence-corrected chi connectivity index (χ3v) is 7.83. The van der Waals surface area contributed by atoms with Crippen LogP contribution in [-0.2, 0) is 9.53 Å². The second-order valence-electron chi connectivity index (χ2n) is 9.56. The highest BCUT2D eigenvalue weighted by Crippen LogP contribution is 2.60. The summed E-state index contributed by atoms with van der Waals surface area (Å²) in [5, 5.41) is 0. The van der Waals surface area contributed by atoms with Crippen molar-refractivity contribution in [3.05, 3.63) is 65.2 Å². The van der Waals surface area contributed by atoms with Crippen LogP contribution in [-0.4, -0.2) is 19.1 Å². The molecule has 1 heterocycles. The number of carbonyl (C=O) groups excluding carboxylic acids is 1. The predicted molar refractivity (Wildman–Crippen MR) is 120 cm³/mol. The molecule has 3 nitrogen and oxygen atoms in total. The van der Waals surface area contributed by atoms with Crippen molar-refractivity contribution in [3.8, 4) is 0 Å². The number of carbonyl (C=O) groups is 1. The monoisotopic (exact) mass is 399 g/mol. The molecule has 0 saturated heterocycles. The molecule has 2 aromatic rings. The Hall–Kier alpha value is -2.55. The van der Waals surface area contributed by atoms with Gasteiger partial charge in [-0.1, -0.05) is 42.0 Å². The molecule has 0 N–H and O–H groups in total. The van der Waals surface area contributed by atoms with Gasteiger partial charge in [0.1, 0.15) is 6.54 Å². The Morgan fingerprint density at radius 1 is 0.867 bits per heavy atom. The first-order chi connectivity index (χ1) is 14.7. The van der Waals surface area contributed by atoms with Crippen LogP contribution in [0.5, 0.6) is 0 Å². The summed E-state index contributed by atoms with van der Waals surface area (Å²) in [5.74, 6) is 3.22. The molecule has 0 unspecified atom stereocenters. The summed E-state index contributed by atoms with van der Waals surface area (Å²) < 4.78 is 5.30. The molecule has 5 aliphatic rings. The van der Waals surface area contributed by atoms with Gasteiger partial charge in [-0.2, -0.15) is 0 Å². The van der Waals surface area contributed by atoms with Gasteiger partial charge in [-0.15, -0.1) is 0 Å². The predicted octanol–water partition coefficient (Wildman–Crippen LogP) is 5.96. The van der Waals surface area contributed by atoms with E-state index < -0.39 is 0 Å². The zero-order valence-electron chi connectivity index (χ0n) is 17.6. The number of allylic oxidation sites excluding steroid dienone is 1. The number of hydrogen-bond donors (Lipinski definition) is 0. The first-order valence-electron chi connectivity index (χ1n) is 11.6. The lowest BCUT2D eigenvalue weighted by Crippen LogP contribution is -2.41. The van der Waals surface area contributed by atoms with Gasteiger partial charge in [-0.3, -0.25) is 4.79 Å². The van der Waals surface area contributed by atoms with Crippen LogP contribution in [0.4, 0.5) is 11.4 Å². The molecule has 4 saturated carbocycles.